The molecule has 0 amide bonds. The van der Waals surface area contributed by atoms with Gasteiger partial charge in [0.15, 0.2) is 0 Å². The Bertz CT molecular complexity index is 357. The molecule has 0 aromatic carbocycles. The molecule has 1 aliphatic heterocycles. The van der Waals surface area contributed by atoms with E-state index < -0.39 is 5.97 Å². The van der Waals surface area contributed by atoms with Gasteiger partial charge in [0.2, 0.25) is 0 Å². The quantitative estimate of drug-likeness (QED) is 0.777. The van der Waals surface area contributed by atoms with E-state index in [1.807, 2.05) is 17.7 Å². The molecule has 2 rings (SSSR count). The van der Waals surface area contributed by atoms with E-state index in [0.29, 0.717) is 0 Å². The highest BCUT2D eigenvalue weighted by Crippen LogP contribution is 2.30. The Morgan fingerprint density at radius 3 is 3.29 bits per heavy atom. The maximum absolute atomic E-state index is 10.7. The van der Waals surface area contributed by atoms with Gasteiger partial charge in [0, 0.05) is 18.2 Å². The number of nitrogens with zero attached hydrogens (tertiary/aromatic N) is 2. The smallest absolute Gasteiger partial charge is 0.304 e. The van der Waals surface area contributed by atoms with Crippen molar-refractivity contribution in [2.24, 2.45) is 0 Å². The molecule has 1 unspecified atom stereocenters. The van der Waals surface area contributed by atoms with Crippen LogP contribution in [0.5, 0.6) is 0 Å². The van der Waals surface area contributed by atoms with Gasteiger partial charge in [0.25, 0.3) is 0 Å². The van der Waals surface area contributed by atoms with E-state index in [-0.39, 0.29) is 12.3 Å². The molecule has 1 atom stereocenters. The molecule has 1 aliphatic rings. The Morgan fingerprint density at radius 1 is 1.79 bits per heavy atom. The Labute approximate surface area is 82.5 Å². The number of hydrogen-bond donors (Lipinski definition) is 1. The highest BCUT2D eigenvalue weighted by Gasteiger charge is 2.23. The minimum absolute atomic E-state index is 0.155. The molecule has 1 aromatic heterocycles. The summed E-state index contributed by atoms with van der Waals surface area (Å²) in [4.78, 5) is 10.7. The van der Waals surface area contributed by atoms with Gasteiger partial charge in [-0.1, -0.05) is 0 Å². The predicted molar refractivity (Wildman–Crippen MR) is 51.2 cm³/mol. The molecule has 4 nitrogen and oxygen atoms in total. The summed E-state index contributed by atoms with van der Waals surface area (Å²) in [6.07, 6.45) is 2.23. The Morgan fingerprint density at radius 2 is 2.57 bits per heavy atom. The van der Waals surface area contributed by atoms with Gasteiger partial charge in [-0.05, 0) is 25.8 Å². The van der Waals surface area contributed by atoms with Crippen LogP contribution in [0.4, 0.5) is 0 Å². The van der Waals surface area contributed by atoms with Gasteiger partial charge in [-0.25, -0.2) is 0 Å². The van der Waals surface area contributed by atoms with Crippen LogP contribution >= 0.6 is 0 Å². The molecule has 0 saturated heterocycles. The molecule has 0 saturated carbocycles. The summed E-state index contributed by atoms with van der Waals surface area (Å²) < 4.78 is 1.95. The van der Waals surface area contributed by atoms with Crippen molar-refractivity contribution < 1.29 is 9.90 Å². The molecule has 2 heterocycles. The summed E-state index contributed by atoms with van der Waals surface area (Å²) in [7, 11) is 0. The zero-order valence-electron chi connectivity index (χ0n) is 8.23. The minimum Gasteiger partial charge on any atom is -0.481 e. The molecule has 1 N–H and O–H groups in total. The van der Waals surface area contributed by atoms with E-state index in [1.54, 1.807) is 0 Å². The van der Waals surface area contributed by atoms with Crippen molar-refractivity contribution >= 4 is 5.97 Å². The first kappa shape index (κ1) is 9.24. The van der Waals surface area contributed by atoms with Gasteiger partial charge in [-0.15, -0.1) is 0 Å². The van der Waals surface area contributed by atoms with Crippen LogP contribution in [0.25, 0.3) is 0 Å². The van der Waals surface area contributed by atoms with Gasteiger partial charge >= 0.3 is 5.97 Å². The number of aliphatic carboxylic acids is 1. The molecule has 0 fully saturated rings. The number of hydrogen-bond acceptors (Lipinski definition) is 2. The van der Waals surface area contributed by atoms with Gasteiger partial charge in [-0.3, -0.25) is 9.48 Å². The number of fused-ring (bicyclic) bond motifs is 1. The lowest BCUT2D eigenvalue weighted by atomic mass is 9.93. The van der Waals surface area contributed by atoms with Crippen LogP contribution in [0.15, 0.2) is 6.07 Å². The molecule has 0 radical (unpaired) electrons. The summed E-state index contributed by atoms with van der Waals surface area (Å²) in [5.74, 6) is -0.565. The van der Waals surface area contributed by atoms with Crippen molar-refractivity contribution in [2.75, 3.05) is 0 Å². The summed E-state index contributed by atoms with van der Waals surface area (Å²) in [5.41, 5.74) is 2.08. The summed E-state index contributed by atoms with van der Waals surface area (Å²) in [5, 5.41) is 13.1. The third kappa shape index (κ3) is 1.64. The van der Waals surface area contributed by atoms with E-state index in [1.165, 1.54) is 0 Å². The standard InChI is InChI=1S/C10H14N2O2/c1-7-5-9-8(6-10(13)14)3-2-4-12(9)11-7/h5,8H,2-4,6H2,1H3,(H,13,14). The first-order chi connectivity index (χ1) is 6.66. The summed E-state index contributed by atoms with van der Waals surface area (Å²) in [6, 6.07) is 2.01. The number of aromatic nitrogens is 2. The van der Waals surface area contributed by atoms with Crippen molar-refractivity contribution in [3.63, 3.8) is 0 Å². The Hall–Kier alpha value is -1.32. The van der Waals surface area contributed by atoms with Crippen molar-refractivity contribution in [3.05, 3.63) is 17.5 Å². The van der Waals surface area contributed by atoms with Gasteiger partial charge < -0.3 is 5.11 Å². The minimum atomic E-state index is -0.720. The van der Waals surface area contributed by atoms with Crippen LogP contribution in [0.2, 0.25) is 0 Å². The zero-order chi connectivity index (χ0) is 10.1. The number of carbonyl (C=O) groups is 1. The average Bonchev–Trinajstić information content (AvgIpc) is 2.45. The van der Waals surface area contributed by atoms with E-state index in [4.69, 9.17) is 5.11 Å². The first-order valence-electron chi connectivity index (χ1n) is 4.93. The number of carboxylic acid groups (broad SMARTS) is 1. The van der Waals surface area contributed by atoms with Crippen molar-refractivity contribution in [1.29, 1.82) is 0 Å². The Kier molecular flexibility index (Phi) is 2.27. The molecule has 4 heteroatoms. The largest absolute Gasteiger partial charge is 0.481 e. The van der Waals surface area contributed by atoms with Crippen molar-refractivity contribution in [2.45, 2.75) is 38.6 Å². The summed E-state index contributed by atoms with van der Waals surface area (Å²) in [6.45, 7) is 2.88. The molecular weight excluding hydrogens is 180 g/mol. The van der Waals surface area contributed by atoms with Gasteiger partial charge in [0.05, 0.1) is 12.1 Å². The fourth-order valence-electron chi connectivity index (χ4n) is 2.13. The number of carboxylic acids is 1. The lowest BCUT2D eigenvalue weighted by molar-refractivity contribution is -0.137. The first-order valence-corrected chi connectivity index (χ1v) is 4.93. The van der Waals surface area contributed by atoms with Crippen LogP contribution in [0, 0.1) is 6.92 Å². The second-order valence-corrected chi connectivity index (χ2v) is 3.87. The average molecular weight is 194 g/mol. The fraction of sp³-hybridized carbons (Fsp3) is 0.600. The fourth-order valence-corrected chi connectivity index (χ4v) is 2.13. The van der Waals surface area contributed by atoms with Crippen LogP contribution in [-0.4, -0.2) is 20.9 Å². The normalized spacial score (nSPS) is 20.5. The van der Waals surface area contributed by atoms with E-state index in [0.717, 1.165) is 30.8 Å². The van der Waals surface area contributed by atoms with Crippen LogP contribution in [0.1, 0.15) is 36.6 Å². The highest BCUT2D eigenvalue weighted by atomic mass is 16.4. The van der Waals surface area contributed by atoms with Crippen molar-refractivity contribution in [1.82, 2.24) is 9.78 Å². The van der Waals surface area contributed by atoms with Crippen molar-refractivity contribution in [3.8, 4) is 0 Å². The number of aryl methyl sites for hydroxylation is 2. The third-order valence-electron chi connectivity index (χ3n) is 2.70. The topological polar surface area (TPSA) is 55.1 Å². The SMILES string of the molecule is Cc1cc2n(n1)CCCC2CC(=O)O. The van der Waals surface area contributed by atoms with E-state index in [9.17, 15) is 4.79 Å². The Balaban J connectivity index is 2.25. The molecule has 76 valence electrons. The van der Waals surface area contributed by atoms with Crippen LogP contribution in [0.3, 0.4) is 0 Å². The van der Waals surface area contributed by atoms with Gasteiger partial charge in [-0.2, -0.15) is 5.10 Å². The zero-order valence-corrected chi connectivity index (χ0v) is 8.23. The van der Waals surface area contributed by atoms with E-state index in [2.05, 4.69) is 5.10 Å². The van der Waals surface area contributed by atoms with Crippen LogP contribution in [-0.2, 0) is 11.3 Å². The second-order valence-electron chi connectivity index (χ2n) is 3.87. The molecule has 0 bridgehead atoms. The monoisotopic (exact) mass is 194 g/mol. The molecule has 14 heavy (non-hydrogen) atoms. The lowest BCUT2D eigenvalue weighted by Crippen LogP contribution is -2.18. The lowest BCUT2D eigenvalue weighted by Gasteiger charge is -2.21. The maximum Gasteiger partial charge on any atom is 0.304 e. The predicted octanol–water partition coefficient (Wildman–Crippen LogP) is 1.54. The highest BCUT2D eigenvalue weighted by molar-refractivity contribution is 5.67. The molecule has 1 aromatic rings. The maximum atomic E-state index is 10.7. The summed E-state index contributed by atoms with van der Waals surface area (Å²) >= 11 is 0. The molecule has 0 aliphatic carbocycles. The van der Waals surface area contributed by atoms with Crippen LogP contribution < -0.4 is 0 Å². The van der Waals surface area contributed by atoms with Gasteiger partial charge in [0.1, 0.15) is 0 Å². The molecular formula is C10H14N2O2. The third-order valence-corrected chi connectivity index (χ3v) is 2.70. The van der Waals surface area contributed by atoms with E-state index >= 15 is 0 Å². The second kappa shape index (κ2) is 3.44. The number of rotatable bonds is 2. The molecule has 0 spiro atoms.